The Bertz CT molecular complexity index is 788. The molecule has 1 aliphatic heterocycles. The van der Waals surface area contributed by atoms with Crippen LogP contribution in [0.1, 0.15) is 12.5 Å². The highest BCUT2D eigenvalue weighted by Gasteiger charge is 2.24. The zero-order chi connectivity index (χ0) is 15.8. The van der Waals surface area contributed by atoms with Gasteiger partial charge in [-0.15, -0.1) is 0 Å². The number of rotatable bonds is 4. The summed E-state index contributed by atoms with van der Waals surface area (Å²) < 4.78 is 11.7. The molecule has 3 N–H and O–H groups in total. The van der Waals surface area contributed by atoms with E-state index in [0.29, 0.717) is 10.0 Å². The van der Waals surface area contributed by atoms with Crippen molar-refractivity contribution in [1.82, 2.24) is 5.32 Å². The molecule has 1 aliphatic rings. The predicted molar refractivity (Wildman–Crippen MR) is 74.8 cm³/mol. The van der Waals surface area contributed by atoms with Crippen LogP contribution in [0.4, 0.5) is 0 Å². The molecule has 2 amide bonds. The smallest absolute Gasteiger partial charge is 0.323 e. The van der Waals surface area contributed by atoms with Crippen LogP contribution < -0.4 is 16.0 Å². The first-order chi connectivity index (χ1) is 9.68. The minimum Gasteiger partial charge on any atom is -0.323 e. The Morgan fingerprint density at radius 2 is 1.90 bits per heavy atom. The minimum absolute atomic E-state index is 0.0640. The van der Waals surface area contributed by atoms with E-state index in [2.05, 4.69) is 31.2 Å². The molecule has 1 atom stereocenters. The van der Waals surface area contributed by atoms with Crippen LogP contribution in [0.15, 0.2) is 26.6 Å². The van der Waals surface area contributed by atoms with Crippen molar-refractivity contribution in [2.24, 2.45) is 9.98 Å². The SMILES string of the molecule is CC(NCc1cc(Br)cc2c1=NC(=O)C(=O)N=2)P(=O)(O)O. The van der Waals surface area contributed by atoms with Crippen molar-refractivity contribution in [3.63, 3.8) is 0 Å². The largest absolute Gasteiger partial charge is 0.342 e. The Labute approximate surface area is 127 Å². The number of hydrogen-bond donors (Lipinski definition) is 3. The summed E-state index contributed by atoms with van der Waals surface area (Å²) >= 11 is 3.24. The second kappa shape index (κ2) is 5.86. The van der Waals surface area contributed by atoms with E-state index in [1.165, 1.54) is 6.92 Å². The maximum atomic E-state index is 11.3. The van der Waals surface area contributed by atoms with Gasteiger partial charge < -0.3 is 9.79 Å². The van der Waals surface area contributed by atoms with Gasteiger partial charge in [-0.25, -0.2) is 9.98 Å². The molecule has 21 heavy (non-hydrogen) atoms. The number of fused-ring (bicyclic) bond motifs is 1. The number of nitrogens with zero attached hydrogens (tertiary/aromatic N) is 2. The summed E-state index contributed by atoms with van der Waals surface area (Å²) in [7, 11) is -4.25. The summed E-state index contributed by atoms with van der Waals surface area (Å²) in [5.41, 5.74) is 0.504. The van der Waals surface area contributed by atoms with Gasteiger partial charge in [0.15, 0.2) is 0 Å². The maximum absolute atomic E-state index is 11.3. The molecule has 0 saturated heterocycles. The number of halogens is 1. The van der Waals surface area contributed by atoms with Gasteiger partial charge in [-0.3, -0.25) is 19.5 Å². The monoisotopic (exact) mass is 375 g/mol. The fraction of sp³-hybridized carbons (Fsp3) is 0.273. The Balaban J connectivity index is 2.41. The molecule has 0 bridgehead atoms. The molecule has 1 unspecified atom stereocenters. The van der Waals surface area contributed by atoms with Crippen LogP contribution in [0.3, 0.4) is 0 Å². The molecule has 0 aliphatic carbocycles. The van der Waals surface area contributed by atoms with Crippen molar-refractivity contribution < 1.29 is 23.9 Å². The van der Waals surface area contributed by atoms with Crippen molar-refractivity contribution in [2.45, 2.75) is 19.3 Å². The third-order valence-corrected chi connectivity index (χ3v) is 4.49. The molecular formula is C11H11BrN3O5P. The quantitative estimate of drug-likeness (QED) is 0.474. The fourth-order valence-corrected chi connectivity index (χ4v) is 2.49. The average Bonchev–Trinajstić information content (AvgIpc) is 2.36. The van der Waals surface area contributed by atoms with Gasteiger partial charge >= 0.3 is 19.4 Å². The third kappa shape index (κ3) is 3.69. The zero-order valence-corrected chi connectivity index (χ0v) is 13.3. The molecule has 0 aromatic heterocycles. The molecule has 112 valence electrons. The standard InChI is InChI=1S/C11H11BrN3O5P/c1-5(21(18,19)20)13-4-6-2-7(12)3-8-9(6)15-11(17)10(16)14-8/h2-3,5,13H,4H2,1H3,(H2,18,19,20). The van der Waals surface area contributed by atoms with E-state index < -0.39 is 25.2 Å². The second-order valence-electron chi connectivity index (χ2n) is 4.41. The highest BCUT2D eigenvalue weighted by molar-refractivity contribution is 9.10. The van der Waals surface area contributed by atoms with Crippen LogP contribution in [0.5, 0.6) is 0 Å². The van der Waals surface area contributed by atoms with E-state index in [9.17, 15) is 14.2 Å². The molecule has 10 heteroatoms. The fourth-order valence-electron chi connectivity index (χ4n) is 1.67. The van der Waals surface area contributed by atoms with Crippen LogP contribution >= 0.6 is 23.5 Å². The molecule has 8 nitrogen and oxygen atoms in total. The van der Waals surface area contributed by atoms with Gasteiger partial charge in [0.05, 0.1) is 10.7 Å². The minimum atomic E-state index is -4.25. The number of hydrogen-bond acceptors (Lipinski definition) is 4. The third-order valence-electron chi connectivity index (χ3n) is 2.84. The Morgan fingerprint density at radius 1 is 1.29 bits per heavy atom. The van der Waals surface area contributed by atoms with Crippen LogP contribution in [-0.2, 0) is 20.7 Å². The van der Waals surface area contributed by atoms with Crippen LogP contribution in [-0.4, -0.2) is 27.4 Å². The Kier molecular flexibility index (Phi) is 4.50. The first kappa shape index (κ1) is 16.1. The highest BCUT2D eigenvalue weighted by atomic mass is 79.9. The van der Waals surface area contributed by atoms with Crippen molar-refractivity contribution in [1.29, 1.82) is 0 Å². The summed E-state index contributed by atoms with van der Waals surface area (Å²) in [6.07, 6.45) is 0. The molecule has 1 heterocycles. The Morgan fingerprint density at radius 3 is 2.52 bits per heavy atom. The molecular weight excluding hydrogens is 365 g/mol. The second-order valence-corrected chi connectivity index (χ2v) is 7.28. The maximum Gasteiger partial charge on any atom is 0.342 e. The summed E-state index contributed by atoms with van der Waals surface area (Å²) in [6.45, 7) is 1.41. The lowest BCUT2D eigenvalue weighted by Crippen LogP contribution is -2.39. The van der Waals surface area contributed by atoms with E-state index in [0.717, 1.165) is 0 Å². The lowest BCUT2D eigenvalue weighted by molar-refractivity contribution is -0.135. The average molecular weight is 376 g/mol. The molecule has 1 aromatic carbocycles. The topological polar surface area (TPSA) is 128 Å². The summed E-state index contributed by atoms with van der Waals surface area (Å²) in [6, 6.07) is 3.18. The van der Waals surface area contributed by atoms with Crippen molar-refractivity contribution in [2.75, 3.05) is 0 Å². The van der Waals surface area contributed by atoms with Crippen molar-refractivity contribution in [3.8, 4) is 0 Å². The number of nitrogens with one attached hydrogen (secondary N) is 1. The number of carbonyl (C=O) groups excluding carboxylic acids is 2. The Hall–Kier alpha value is -1.25. The van der Waals surface area contributed by atoms with Gasteiger partial charge in [-0.2, -0.15) is 0 Å². The van der Waals surface area contributed by atoms with Gasteiger partial charge in [0.1, 0.15) is 5.78 Å². The van der Waals surface area contributed by atoms with Gasteiger partial charge in [-0.05, 0) is 24.6 Å². The first-order valence-electron chi connectivity index (χ1n) is 5.81. The van der Waals surface area contributed by atoms with Crippen LogP contribution in [0, 0.1) is 0 Å². The highest BCUT2D eigenvalue weighted by Crippen LogP contribution is 2.39. The molecule has 2 rings (SSSR count). The van der Waals surface area contributed by atoms with Crippen molar-refractivity contribution >= 4 is 35.3 Å². The normalized spacial score (nSPS) is 16.0. The van der Waals surface area contributed by atoms with Crippen LogP contribution in [0.25, 0.3) is 0 Å². The molecule has 1 aromatic rings. The lowest BCUT2D eigenvalue weighted by Gasteiger charge is -2.15. The van der Waals surface area contributed by atoms with Gasteiger partial charge in [0.2, 0.25) is 0 Å². The van der Waals surface area contributed by atoms with Gasteiger partial charge in [-0.1, -0.05) is 15.9 Å². The van der Waals surface area contributed by atoms with Crippen LogP contribution in [0.2, 0.25) is 0 Å². The summed E-state index contributed by atoms with van der Waals surface area (Å²) in [4.78, 5) is 47.9. The molecule has 0 fully saturated rings. The van der Waals surface area contributed by atoms with Gasteiger partial charge in [0, 0.05) is 11.0 Å². The van der Waals surface area contributed by atoms with Gasteiger partial charge in [0.25, 0.3) is 0 Å². The number of benzene rings is 1. The van der Waals surface area contributed by atoms with Crippen molar-refractivity contribution in [3.05, 3.63) is 32.9 Å². The number of carbonyl (C=O) groups is 2. The summed E-state index contributed by atoms with van der Waals surface area (Å²) in [5, 5.41) is 3.14. The van der Waals surface area contributed by atoms with E-state index in [4.69, 9.17) is 9.79 Å². The lowest BCUT2D eigenvalue weighted by atomic mass is 10.2. The molecule has 0 saturated carbocycles. The summed E-state index contributed by atoms with van der Waals surface area (Å²) in [5.74, 6) is -2.96. The van der Waals surface area contributed by atoms with E-state index in [-0.39, 0.29) is 17.3 Å². The molecule has 0 spiro atoms. The molecule has 0 radical (unpaired) electrons. The van der Waals surface area contributed by atoms with E-state index in [1.54, 1.807) is 12.1 Å². The predicted octanol–water partition coefficient (Wildman–Crippen LogP) is -0.632. The van der Waals surface area contributed by atoms with E-state index in [1.807, 2.05) is 0 Å². The number of amides is 2. The zero-order valence-electron chi connectivity index (χ0n) is 10.8. The van der Waals surface area contributed by atoms with E-state index >= 15 is 0 Å². The first-order valence-corrected chi connectivity index (χ1v) is 8.28.